The number of hydrogen-bond donors (Lipinski definition) is 3. The van der Waals surface area contributed by atoms with Crippen LogP contribution < -0.4 is 10.6 Å². The van der Waals surface area contributed by atoms with Gasteiger partial charge in [-0.2, -0.15) is 0 Å². The third-order valence-corrected chi connectivity index (χ3v) is 4.58. The molecule has 0 aromatic carbocycles. The Kier molecular flexibility index (Phi) is 6.26. The van der Waals surface area contributed by atoms with Crippen LogP contribution in [0.4, 0.5) is 4.79 Å². The zero-order valence-electron chi connectivity index (χ0n) is 14.1. The molecule has 3 unspecified atom stereocenters. The van der Waals surface area contributed by atoms with Crippen LogP contribution in [-0.2, 0) is 0 Å². The molecule has 0 spiro atoms. The summed E-state index contributed by atoms with van der Waals surface area (Å²) in [5.74, 6) is 1.66. The van der Waals surface area contributed by atoms with E-state index in [1.54, 1.807) is 0 Å². The van der Waals surface area contributed by atoms with Crippen molar-refractivity contribution in [2.24, 2.45) is 17.8 Å². The third kappa shape index (κ3) is 5.29. The number of nitrogens with zero attached hydrogens (tertiary/aromatic N) is 1. The van der Waals surface area contributed by atoms with E-state index in [0.717, 1.165) is 37.9 Å². The molecule has 0 aromatic heterocycles. The molecule has 2 rings (SSSR count). The predicted molar refractivity (Wildman–Crippen MR) is 88.6 cm³/mol. The maximum absolute atomic E-state index is 12.0. The first-order valence-electron chi connectivity index (χ1n) is 8.54. The summed E-state index contributed by atoms with van der Waals surface area (Å²) in [5.41, 5.74) is 0. The maximum atomic E-state index is 12.0. The standard InChI is InChI=1S/C17H31N3O2/c1-12-6-13(2)9-20(8-12)10-14(3)18-17(22)19-16-5-4-15(7-16)11-21/h4-5,12-16,21H,6-11H2,1-3H3,(H2,18,19,22)/t12?,13?,14?,15-,16+/m0/s1. The minimum Gasteiger partial charge on any atom is -0.396 e. The van der Waals surface area contributed by atoms with E-state index in [0.29, 0.717) is 0 Å². The Bertz CT molecular complexity index is 389. The van der Waals surface area contributed by atoms with Gasteiger partial charge < -0.3 is 20.6 Å². The second kappa shape index (κ2) is 7.97. The van der Waals surface area contributed by atoms with Crippen LogP contribution in [0.25, 0.3) is 0 Å². The van der Waals surface area contributed by atoms with E-state index >= 15 is 0 Å². The van der Waals surface area contributed by atoms with Gasteiger partial charge in [-0.25, -0.2) is 4.79 Å². The second-order valence-corrected chi connectivity index (χ2v) is 7.35. The fraction of sp³-hybridized carbons (Fsp3) is 0.824. The van der Waals surface area contributed by atoms with E-state index in [9.17, 15) is 4.79 Å². The Morgan fingerprint density at radius 2 is 1.95 bits per heavy atom. The summed E-state index contributed by atoms with van der Waals surface area (Å²) >= 11 is 0. The van der Waals surface area contributed by atoms with Crippen molar-refractivity contribution in [1.82, 2.24) is 15.5 Å². The molecule has 5 nitrogen and oxygen atoms in total. The predicted octanol–water partition coefficient (Wildman–Crippen LogP) is 1.59. The Morgan fingerprint density at radius 3 is 2.55 bits per heavy atom. The van der Waals surface area contributed by atoms with Crippen LogP contribution in [0.5, 0.6) is 0 Å². The normalized spacial score (nSPS) is 33.6. The van der Waals surface area contributed by atoms with Crippen molar-refractivity contribution >= 4 is 6.03 Å². The van der Waals surface area contributed by atoms with Gasteiger partial charge in [-0.05, 0) is 31.6 Å². The van der Waals surface area contributed by atoms with Crippen molar-refractivity contribution in [3.63, 3.8) is 0 Å². The number of piperidine rings is 1. The second-order valence-electron chi connectivity index (χ2n) is 7.35. The van der Waals surface area contributed by atoms with E-state index in [-0.39, 0.29) is 30.6 Å². The summed E-state index contributed by atoms with van der Waals surface area (Å²) in [6, 6.07) is 0.0646. The van der Waals surface area contributed by atoms with Gasteiger partial charge in [0.15, 0.2) is 0 Å². The van der Waals surface area contributed by atoms with Crippen molar-refractivity contribution in [2.75, 3.05) is 26.2 Å². The molecule has 1 fully saturated rings. The van der Waals surface area contributed by atoms with Gasteiger partial charge in [0, 0.05) is 44.2 Å². The number of rotatable bonds is 5. The van der Waals surface area contributed by atoms with Gasteiger partial charge in [0.25, 0.3) is 0 Å². The van der Waals surface area contributed by atoms with Crippen LogP contribution in [-0.4, -0.2) is 54.4 Å². The van der Waals surface area contributed by atoms with E-state index in [2.05, 4.69) is 36.3 Å². The first kappa shape index (κ1) is 17.3. The average molecular weight is 309 g/mol. The number of aliphatic hydroxyl groups is 1. The first-order valence-corrected chi connectivity index (χ1v) is 8.54. The highest BCUT2D eigenvalue weighted by Gasteiger charge is 2.24. The molecular weight excluding hydrogens is 278 g/mol. The molecular formula is C17H31N3O2. The molecule has 2 aliphatic rings. The van der Waals surface area contributed by atoms with Gasteiger partial charge in [-0.15, -0.1) is 0 Å². The molecule has 126 valence electrons. The number of carbonyl (C=O) groups excluding carboxylic acids is 1. The molecule has 0 saturated carbocycles. The van der Waals surface area contributed by atoms with Gasteiger partial charge in [0.1, 0.15) is 0 Å². The molecule has 0 aromatic rings. The van der Waals surface area contributed by atoms with Crippen LogP contribution in [0.1, 0.15) is 33.6 Å². The number of likely N-dealkylation sites (tertiary alicyclic amines) is 1. The molecule has 1 heterocycles. The van der Waals surface area contributed by atoms with Crippen molar-refractivity contribution in [1.29, 1.82) is 0 Å². The van der Waals surface area contributed by atoms with Crippen LogP contribution in [0.2, 0.25) is 0 Å². The molecule has 22 heavy (non-hydrogen) atoms. The SMILES string of the molecule is CC1CC(C)CN(CC(C)NC(=O)N[C@@H]2C=C[C@H](CO)C2)C1. The van der Waals surface area contributed by atoms with Crippen molar-refractivity contribution in [3.05, 3.63) is 12.2 Å². The molecule has 5 heteroatoms. The summed E-state index contributed by atoms with van der Waals surface area (Å²) in [7, 11) is 0. The molecule has 3 N–H and O–H groups in total. The van der Waals surface area contributed by atoms with Gasteiger partial charge >= 0.3 is 6.03 Å². The molecule has 2 amide bonds. The quantitative estimate of drug-likeness (QED) is 0.676. The molecule has 1 saturated heterocycles. The highest BCUT2D eigenvalue weighted by molar-refractivity contribution is 5.74. The largest absolute Gasteiger partial charge is 0.396 e. The van der Waals surface area contributed by atoms with Gasteiger partial charge in [0.2, 0.25) is 0 Å². The number of hydrogen-bond acceptors (Lipinski definition) is 3. The first-order chi connectivity index (χ1) is 10.5. The van der Waals surface area contributed by atoms with Crippen LogP contribution in [0.3, 0.4) is 0 Å². The zero-order valence-corrected chi connectivity index (χ0v) is 14.1. The monoisotopic (exact) mass is 309 g/mol. The average Bonchev–Trinajstić information content (AvgIpc) is 2.84. The van der Waals surface area contributed by atoms with E-state index in [1.165, 1.54) is 6.42 Å². The molecule has 5 atom stereocenters. The van der Waals surface area contributed by atoms with Crippen LogP contribution in [0, 0.1) is 17.8 Å². The van der Waals surface area contributed by atoms with Gasteiger partial charge in [-0.1, -0.05) is 26.0 Å². The highest BCUT2D eigenvalue weighted by Crippen LogP contribution is 2.21. The maximum Gasteiger partial charge on any atom is 0.315 e. The Balaban J connectivity index is 1.69. The van der Waals surface area contributed by atoms with Crippen LogP contribution >= 0.6 is 0 Å². The molecule has 0 radical (unpaired) electrons. The Labute approximate surface area is 134 Å². The number of aliphatic hydroxyl groups excluding tert-OH is 1. The van der Waals surface area contributed by atoms with Crippen LogP contribution in [0.15, 0.2) is 12.2 Å². The number of amides is 2. The topological polar surface area (TPSA) is 64.6 Å². The Hall–Kier alpha value is -1.07. The fourth-order valence-electron chi connectivity index (χ4n) is 3.82. The molecule has 1 aliphatic carbocycles. The minimum atomic E-state index is -0.112. The fourth-order valence-corrected chi connectivity index (χ4v) is 3.82. The molecule has 1 aliphatic heterocycles. The summed E-state index contributed by atoms with van der Waals surface area (Å²) < 4.78 is 0. The third-order valence-electron chi connectivity index (χ3n) is 4.58. The number of carbonyl (C=O) groups is 1. The summed E-state index contributed by atoms with van der Waals surface area (Å²) in [5, 5.41) is 15.1. The number of urea groups is 1. The minimum absolute atomic E-state index is 0.0411. The zero-order chi connectivity index (χ0) is 16.1. The lowest BCUT2D eigenvalue weighted by molar-refractivity contribution is 0.131. The smallest absolute Gasteiger partial charge is 0.315 e. The van der Waals surface area contributed by atoms with E-state index in [4.69, 9.17) is 5.11 Å². The van der Waals surface area contributed by atoms with Crippen molar-refractivity contribution in [3.8, 4) is 0 Å². The summed E-state index contributed by atoms with van der Waals surface area (Å²) in [6.45, 7) is 9.97. The number of nitrogens with one attached hydrogen (secondary N) is 2. The van der Waals surface area contributed by atoms with E-state index < -0.39 is 0 Å². The summed E-state index contributed by atoms with van der Waals surface area (Å²) in [4.78, 5) is 14.5. The van der Waals surface area contributed by atoms with E-state index in [1.807, 2.05) is 12.2 Å². The van der Waals surface area contributed by atoms with Crippen molar-refractivity contribution < 1.29 is 9.90 Å². The highest BCUT2D eigenvalue weighted by atomic mass is 16.3. The lowest BCUT2D eigenvalue weighted by Gasteiger charge is -2.36. The lowest BCUT2D eigenvalue weighted by atomic mass is 9.92. The Morgan fingerprint density at radius 1 is 1.27 bits per heavy atom. The van der Waals surface area contributed by atoms with Crippen molar-refractivity contribution in [2.45, 2.75) is 45.7 Å². The van der Waals surface area contributed by atoms with Gasteiger partial charge in [-0.3, -0.25) is 0 Å². The molecule has 0 bridgehead atoms. The van der Waals surface area contributed by atoms with Gasteiger partial charge in [0.05, 0.1) is 0 Å². The lowest BCUT2D eigenvalue weighted by Crippen LogP contribution is -2.50. The summed E-state index contributed by atoms with van der Waals surface area (Å²) in [6.07, 6.45) is 6.04.